The van der Waals surface area contributed by atoms with Gasteiger partial charge in [0.25, 0.3) is 0 Å². The molecule has 0 fully saturated rings. The van der Waals surface area contributed by atoms with Crippen LogP contribution in [0.1, 0.15) is 11.4 Å². The van der Waals surface area contributed by atoms with Gasteiger partial charge in [-0.05, 0) is 6.07 Å². The molecule has 0 aliphatic rings. The second-order valence-corrected chi connectivity index (χ2v) is 4.10. The molecular formula is C12H16N4O2. The van der Waals surface area contributed by atoms with Crippen molar-refractivity contribution in [3.8, 4) is 11.5 Å². The van der Waals surface area contributed by atoms with Crippen molar-refractivity contribution >= 4 is 0 Å². The summed E-state index contributed by atoms with van der Waals surface area (Å²) in [6.45, 7) is 1.29. The summed E-state index contributed by atoms with van der Waals surface area (Å²) in [4.78, 5) is 0. The molecule has 0 spiro atoms. The van der Waals surface area contributed by atoms with Crippen molar-refractivity contribution in [2.45, 2.75) is 13.0 Å². The van der Waals surface area contributed by atoms with E-state index in [4.69, 9.17) is 5.11 Å². The van der Waals surface area contributed by atoms with Crippen LogP contribution in [0.4, 0.5) is 0 Å². The minimum Gasteiger partial charge on any atom is -0.508 e. The van der Waals surface area contributed by atoms with Crippen molar-refractivity contribution in [3.05, 3.63) is 35.9 Å². The van der Waals surface area contributed by atoms with Crippen molar-refractivity contribution in [3.63, 3.8) is 0 Å². The number of nitrogens with zero attached hydrogens (tertiary/aromatic N) is 3. The van der Waals surface area contributed by atoms with Crippen molar-refractivity contribution in [1.29, 1.82) is 0 Å². The number of aryl methyl sites for hydroxylation is 1. The lowest BCUT2D eigenvalue weighted by Gasteiger charge is -2.07. The summed E-state index contributed by atoms with van der Waals surface area (Å²) in [5.74, 6) is 1.08. The highest BCUT2D eigenvalue weighted by Crippen LogP contribution is 2.22. The summed E-state index contributed by atoms with van der Waals surface area (Å²) in [6.07, 6.45) is 2.44. The summed E-state index contributed by atoms with van der Waals surface area (Å²) in [5, 5.41) is 29.7. The maximum Gasteiger partial charge on any atom is 0.133 e. The molecule has 1 aromatic carbocycles. The van der Waals surface area contributed by atoms with Crippen molar-refractivity contribution in [1.82, 2.24) is 20.1 Å². The van der Waals surface area contributed by atoms with E-state index >= 15 is 0 Å². The van der Waals surface area contributed by atoms with Crippen molar-refractivity contribution < 1.29 is 10.2 Å². The van der Waals surface area contributed by atoms with E-state index in [1.165, 1.54) is 6.07 Å². The molecule has 2 aromatic rings. The molecule has 0 aliphatic heterocycles. The van der Waals surface area contributed by atoms with Gasteiger partial charge in [0.1, 0.15) is 23.7 Å². The molecule has 0 atom stereocenters. The van der Waals surface area contributed by atoms with Crippen LogP contribution >= 0.6 is 0 Å². The van der Waals surface area contributed by atoms with Crippen LogP contribution in [0.3, 0.4) is 0 Å². The van der Waals surface area contributed by atoms with E-state index in [0.29, 0.717) is 6.54 Å². The van der Waals surface area contributed by atoms with Crippen molar-refractivity contribution in [2.24, 2.45) is 7.05 Å². The lowest BCUT2D eigenvalue weighted by molar-refractivity contribution is 0.443. The Kier molecular flexibility index (Phi) is 3.78. The van der Waals surface area contributed by atoms with Gasteiger partial charge in [-0.2, -0.15) is 0 Å². The van der Waals surface area contributed by atoms with Crippen LogP contribution in [0.5, 0.6) is 11.5 Å². The molecule has 0 saturated carbocycles. The van der Waals surface area contributed by atoms with Crippen LogP contribution in [0.25, 0.3) is 0 Å². The molecule has 0 radical (unpaired) electrons. The second-order valence-electron chi connectivity index (χ2n) is 4.10. The topological polar surface area (TPSA) is 83.2 Å². The van der Waals surface area contributed by atoms with E-state index in [1.807, 2.05) is 11.6 Å². The fourth-order valence-electron chi connectivity index (χ4n) is 1.66. The summed E-state index contributed by atoms with van der Waals surface area (Å²) in [6, 6.07) is 4.58. The van der Waals surface area contributed by atoms with E-state index in [1.54, 1.807) is 18.5 Å². The standard InChI is InChI=1S/C12H16N4O2/c1-16-8-14-15-12(16)4-5-13-7-9-2-3-10(17)6-11(9)18/h2-3,6,8,13,17-18H,4-5,7H2,1H3. The van der Waals surface area contributed by atoms with Crippen LogP contribution in [0, 0.1) is 0 Å². The Morgan fingerprint density at radius 1 is 1.33 bits per heavy atom. The summed E-state index contributed by atoms with van der Waals surface area (Å²) >= 11 is 0. The maximum absolute atomic E-state index is 9.59. The predicted molar refractivity (Wildman–Crippen MR) is 66.2 cm³/mol. The normalized spacial score (nSPS) is 10.7. The van der Waals surface area contributed by atoms with Gasteiger partial charge in [0.2, 0.25) is 0 Å². The Morgan fingerprint density at radius 3 is 2.83 bits per heavy atom. The molecule has 0 aliphatic carbocycles. The highest BCUT2D eigenvalue weighted by atomic mass is 16.3. The number of aromatic nitrogens is 3. The smallest absolute Gasteiger partial charge is 0.133 e. The first-order valence-electron chi connectivity index (χ1n) is 5.71. The third-order valence-electron chi connectivity index (χ3n) is 2.71. The van der Waals surface area contributed by atoms with E-state index in [0.717, 1.165) is 24.4 Å². The van der Waals surface area contributed by atoms with Crippen molar-refractivity contribution in [2.75, 3.05) is 6.54 Å². The van der Waals surface area contributed by atoms with Crippen LogP contribution in [-0.2, 0) is 20.0 Å². The third kappa shape index (κ3) is 2.98. The molecular weight excluding hydrogens is 232 g/mol. The SMILES string of the molecule is Cn1cnnc1CCNCc1ccc(O)cc1O. The number of phenols is 2. The van der Waals surface area contributed by atoms with Gasteiger partial charge in [0.05, 0.1) is 0 Å². The summed E-state index contributed by atoms with van der Waals surface area (Å²) in [5.41, 5.74) is 0.755. The molecule has 6 nitrogen and oxygen atoms in total. The zero-order valence-electron chi connectivity index (χ0n) is 10.2. The first-order chi connectivity index (χ1) is 8.66. The fraction of sp³-hybridized carbons (Fsp3) is 0.333. The number of phenolic OH excluding ortho intramolecular Hbond substituents is 2. The van der Waals surface area contributed by atoms with E-state index < -0.39 is 0 Å². The van der Waals surface area contributed by atoms with Gasteiger partial charge in [0, 0.05) is 38.2 Å². The van der Waals surface area contributed by atoms with E-state index in [9.17, 15) is 5.11 Å². The van der Waals surface area contributed by atoms with Gasteiger partial charge >= 0.3 is 0 Å². The van der Waals surface area contributed by atoms with Gasteiger partial charge in [-0.15, -0.1) is 10.2 Å². The van der Waals surface area contributed by atoms with E-state index in [2.05, 4.69) is 15.5 Å². The van der Waals surface area contributed by atoms with Gasteiger partial charge in [0.15, 0.2) is 0 Å². The Balaban J connectivity index is 1.80. The van der Waals surface area contributed by atoms with Crippen LogP contribution in [0.15, 0.2) is 24.5 Å². The first-order valence-corrected chi connectivity index (χ1v) is 5.71. The number of benzene rings is 1. The highest BCUT2D eigenvalue weighted by molar-refractivity contribution is 5.38. The zero-order valence-corrected chi connectivity index (χ0v) is 10.2. The number of hydrogen-bond donors (Lipinski definition) is 3. The molecule has 0 saturated heterocycles. The fourth-order valence-corrected chi connectivity index (χ4v) is 1.66. The average Bonchev–Trinajstić information content (AvgIpc) is 2.73. The number of rotatable bonds is 5. The molecule has 96 valence electrons. The molecule has 0 amide bonds. The molecule has 18 heavy (non-hydrogen) atoms. The summed E-state index contributed by atoms with van der Waals surface area (Å²) < 4.78 is 1.87. The van der Waals surface area contributed by atoms with Gasteiger partial charge < -0.3 is 20.1 Å². The number of aromatic hydroxyl groups is 2. The largest absolute Gasteiger partial charge is 0.508 e. The molecule has 1 aromatic heterocycles. The Morgan fingerprint density at radius 2 is 2.17 bits per heavy atom. The van der Waals surface area contributed by atoms with Gasteiger partial charge in [-0.25, -0.2) is 0 Å². The van der Waals surface area contributed by atoms with Crippen LogP contribution in [-0.4, -0.2) is 31.5 Å². The molecule has 3 N–H and O–H groups in total. The molecule has 0 bridgehead atoms. The minimum atomic E-state index is 0.0651. The average molecular weight is 248 g/mol. The first kappa shape index (κ1) is 12.4. The molecule has 0 unspecified atom stereocenters. The van der Waals surface area contributed by atoms with Gasteiger partial charge in [-0.1, -0.05) is 6.07 Å². The predicted octanol–water partition coefficient (Wildman–Crippen LogP) is 0.559. The number of nitrogens with one attached hydrogen (secondary N) is 1. The maximum atomic E-state index is 9.59. The third-order valence-corrected chi connectivity index (χ3v) is 2.71. The van der Waals surface area contributed by atoms with E-state index in [-0.39, 0.29) is 11.5 Å². The zero-order chi connectivity index (χ0) is 13.0. The lowest BCUT2D eigenvalue weighted by Crippen LogP contribution is -2.18. The lowest BCUT2D eigenvalue weighted by atomic mass is 10.2. The molecule has 1 heterocycles. The van der Waals surface area contributed by atoms with Crippen LogP contribution in [0.2, 0.25) is 0 Å². The number of hydrogen-bond acceptors (Lipinski definition) is 5. The Hall–Kier alpha value is -2.08. The molecule has 2 rings (SSSR count). The van der Waals surface area contributed by atoms with Gasteiger partial charge in [-0.3, -0.25) is 0 Å². The Bertz CT molecular complexity index is 525. The highest BCUT2D eigenvalue weighted by Gasteiger charge is 2.03. The molecule has 6 heteroatoms. The minimum absolute atomic E-state index is 0.0651. The monoisotopic (exact) mass is 248 g/mol. The quantitative estimate of drug-likeness (QED) is 0.673. The van der Waals surface area contributed by atoms with Crippen LogP contribution < -0.4 is 5.32 Å². The summed E-state index contributed by atoms with van der Waals surface area (Å²) in [7, 11) is 1.90. The second kappa shape index (κ2) is 5.50. The Labute approximate surface area is 105 Å².